The highest BCUT2D eigenvalue weighted by molar-refractivity contribution is 5.86. The van der Waals surface area contributed by atoms with Gasteiger partial charge in [0.1, 0.15) is 5.75 Å². The van der Waals surface area contributed by atoms with Crippen molar-refractivity contribution in [2.45, 2.75) is 44.6 Å². The molecule has 1 saturated carbocycles. The van der Waals surface area contributed by atoms with Gasteiger partial charge in [-0.15, -0.1) is 0 Å². The van der Waals surface area contributed by atoms with Crippen LogP contribution < -0.4 is 4.74 Å². The molecule has 1 aliphatic heterocycles. The van der Waals surface area contributed by atoms with Crippen LogP contribution in [0.3, 0.4) is 0 Å². The summed E-state index contributed by atoms with van der Waals surface area (Å²) in [6.07, 6.45) is 4.17. The summed E-state index contributed by atoms with van der Waals surface area (Å²) in [6.45, 7) is 0.714. The van der Waals surface area contributed by atoms with Crippen LogP contribution in [0.4, 0.5) is 0 Å². The number of ether oxygens (including phenoxy) is 1. The lowest BCUT2D eigenvalue weighted by atomic mass is 9.66. The number of methoxy groups -OCH3 is 1. The average Bonchev–Trinajstić information content (AvgIpc) is 3.00. The zero-order valence-electron chi connectivity index (χ0n) is 13.5. The van der Waals surface area contributed by atoms with Crippen molar-refractivity contribution < 1.29 is 19.4 Å². The molecule has 1 aromatic carbocycles. The molecule has 2 aliphatic rings. The smallest absolute Gasteiger partial charge is 0.310 e. The van der Waals surface area contributed by atoms with Crippen molar-refractivity contribution >= 4 is 11.9 Å². The van der Waals surface area contributed by atoms with Crippen LogP contribution in [0.5, 0.6) is 5.75 Å². The average molecular weight is 317 g/mol. The number of benzene rings is 1. The Labute approximate surface area is 136 Å². The SMILES string of the molecule is COc1ccc(C2CCCN2C(=O)CC2(C(=O)O)CCC2)cc1. The van der Waals surface area contributed by atoms with E-state index in [1.807, 2.05) is 29.2 Å². The van der Waals surface area contributed by atoms with Crippen LogP contribution in [0.25, 0.3) is 0 Å². The third-order valence-electron chi connectivity index (χ3n) is 5.33. The third kappa shape index (κ3) is 2.92. The molecule has 124 valence electrons. The predicted molar refractivity (Wildman–Crippen MR) is 85.2 cm³/mol. The summed E-state index contributed by atoms with van der Waals surface area (Å²) in [7, 11) is 1.63. The topological polar surface area (TPSA) is 66.8 Å². The lowest BCUT2D eigenvalue weighted by Gasteiger charge is -2.38. The van der Waals surface area contributed by atoms with Gasteiger partial charge in [0.2, 0.25) is 5.91 Å². The fourth-order valence-electron chi connectivity index (χ4n) is 3.70. The monoisotopic (exact) mass is 317 g/mol. The molecule has 1 aliphatic carbocycles. The Hall–Kier alpha value is -2.04. The summed E-state index contributed by atoms with van der Waals surface area (Å²) in [6, 6.07) is 7.85. The number of amides is 1. The van der Waals surface area contributed by atoms with E-state index < -0.39 is 11.4 Å². The Balaban J connectivity index is 1.73. The highest BCUT2D eigenvalue weighted by atomic mass is 16.5. The van der Waals surface area contributed by atoms with Crippen LogP contribution >= 0.6 is 0 Å². The van der Waals surface area contributed by atoms with Crippen molar-refractivity contribution in [3.05, 3.63) is 29.8 Å². The molecule has 1 heterocycles. The molecule has 23 heavy (non-hydrogen) atoms. The molecule has 1 aromatic rings. The van der Waals surface area contributed by atoms with Crippen LogP contribution in [0.1, 0.15) is 50.1 Å². The van der Waals surface area contributed by atoms with E-state index >= 15 is 0 Å². The second-order valence-electron chi connectivity index (χ2n) is 6.63. The highest BCUT2D eigenvalue weighted by Gasteiger charge is 2.47. The van der Waals surface area contributed by atoms with Gasteiger partial charge < -0.3 is 14.7 Å². The normalized spacial score (nSPS) is 22.5. The summed E-state index contributed by atoms with van der Waals surface area (Å²) < 4.78 is 5.17. The number of carbonyl (C=O) groups is 2. The number of aliphatic carboxylic acids is 1. The van der Waals surface area contributed by atoms with Gasteiger partial charge in [0.15, 0.2) is 0 Å². The molecule has 2 fully saturated rings. The van der Waals surface area contributed by atoms with E-state index in [1.165, 1.54) is 0 Å². The lowest BCUT2D eigenvalue weighted by Crippen LogP contribution is -2.43. The van der Waals surface area contributed by atoms with Crippen molar-refractivity contribution in [3.63, 3.8) is 0 Å². The molecule has 5 nitrogen and oxygen atoms in total. The molecule has 0 spiro atoms. The van der Waals surface area contributed by atoms with Gasteiger partial charge >= 0.3 is 5.97 Å². The zero-order chi connectivity index (χ0) is 16.4. The summed E-state index contributed by atoms with van der Waals surface area (Å²) in [4.78, 5) is 26.1. The van der Waals surface area contributed by atoms with Gasteiger partial charge in [-0.05, 0) is 43.4 Å². The number of carboxylic acids is 1. The molecule has 0 aromatic heterocycles. The molecular formula is C18H23NO4. The Morgan fingerprint density at radius 3 is 2.48 bits per heavy atom. The summed E-state index contributed by atoms with van der Waals surface area (Å²) in [5.41, 5.74) is 0.277. The van der Waals surface area contributed by atoms with E-state index in [9.17, 15) is 14.7 Å². The Bertz CT molecular complexity index is 592. The first-order chi connectivity index (χ1) is 11.1. The summed E-state index contributed by atoms with van der Waals surface area (Å²) in [5, 5.41) is 9.43. The highest BCUT2D eigenvalue weighted by Crippen LogP contribution is 2.45. The molecule has 1 amide bonds. The first-order valence-corrected chi connectivity index (χ1v) is 8.22. The van der Waals surface area contributed by atoms with Crippen LogP contribution in [0.2, 0.25) is 0 Å². The zero-order valence-corrected chi connectivity index (χ0v) is 13.5. The first-order valence-electron chi connectivity index (χ1n) is 8.22. The second-order valence-corrected chi connectivity index (χ2v) is 6.63. The predicted octanol–water partition coefficient (Wildman–Crippen LogP) is 3.00. The van der Waals surface area contributed by atoms with E-state index in [1.54, 1.807) is 7.11 Å². The molecule has 3 rings (SSSR count). The number of hydrogen-bond acceptors (Lipinski definition) is 3. The molecule has 1 saturated heterocycles. The van der Waals surface area contributed by atoms with Gasteiger partial charge in [0, 0.05) is 13.0 Å². The number of rotatable bonds is 5. The number of hydrogen-bond donors (Lipinski definition) is 1. The second kappa shape index (κ2) is 6.22. The Kier molecular flexibility index (Phi) is 4.28. The number of carboxylic acid groups (broad SMARTS) is 1. The first kappa shape index (κ1) is 15.8. The van der Waals surface area contributed by atoms with Crippen molar-refractivity contribution in [1.82, 2.24) is 4.90 Å². The molecule has 1 atom stereocenters. The minimum Gasteiger partial charge on any atom is -0.497 e. The fraction of sp³-hybridized carbons (Fsp3) is 0.556. The maximum atomic E-state index is 12.7. The largest absolute Gasteiger partial charge is 0.497 e. The molecule has 0 bridgehead atoms. The minimum absolute atomic E-state index is 0.0228. The summed E-state index contributed by atoms with van der Waals surface area (Å²) >= 11 is 0. The molecule has 1 unspecified atom stereocenters. The van der Waals surface area contributed by atoms with Crippen LogP contribution in [0, 0.1) is 5.41 Å². The van der Waals surface area contributed by atoms with Crippen LogP contribution in [-0.4, -0.2) is 35.5 Å². The van der Waals surface area contributed by atoms with Gasteiger partial charge in [-0.25, -0.2) is 0 Å². The van der Waals surface area contributed by atoms with Crippen molar-refractivity contribution in [1.29, 1.82) is 0 Å². The van der Waals surface area contributed by atoms with Gasteiger partial charge in [-0.1, -0.05) is 18.6 Å². The van der Waals surface area contributed by atoms with Crippen molar-refractivity contribution in [2.24, 2.45) is 5.41 Å². The molecule has 5 heteroatoms. The van der Waals surface area contributed by atoms with Gasteiger partial charge in [-0.2, -0.15) is 0 Å². The van der Waals surface area contributed by atoms with Crippen molar-refractivity contribution in [3.8, 4) is 5.75 Å². The minimum atomic E-state index is -0.822. The third-order valence-corrected chi connectivity index (χ3v) is 5.33. The maximum absolute atomic E-state index is 12.7. The number of likely N-dealkylation sites (tertiary alicyclic amines) is 1. The maximum Gasteiger partial charge on any atom is 0.310 e. The quantitative estimate of drug-likeness (QED) is 0.906. The van der Waals surface area contributed by atoms with Crippen LogP contribution in [0.15, 0.2) is 24.3 Å². The Morgan fingerprint density at radius 1 is 1.26 bits per heavy atom. The number of carbonyl (C=O) groups excluding carboxylic acids is 1. The van der Waals surface area contributed by atoms with Gasteiger partial charge in [0.25, 0.3) is 0 Å². The molecule has 0 radical (unpaired) electrons. The summed E-state index contributed by atoms with van der Waals surface area (Å²) in [5.74, 6) is -0.0494. The number of nitrogens with zero attached hydrogens (tertiary/aromatic N) is 1. The standard InChI is InChI=1S/C18H23NO4/c1-23-14-7-5-13(6-8-14)15-4-2-11-19(15)16(20)12-18(17(21)22)9-3-10-18/h5-8,15H,2-4,9-12H2,1H3,(H,21,22). The van der Waals surface area contributed by atoms with Crippen LogP contribution in [-0.2, 0) is 9.59 Å². The van der Waals surface area contributed by atoms with Gasteiger partial charge in [-0.3, -0.25) is 9.59 Å². The van der Waals surface area contributed by atoms with Crippen molar-refractivity contribution in [2.75, 3.05) is 13.7 Å². The van der Waals surface area contributed by atoms with Gasteiger partial charge in [0.05, 0.1) is 18.6 Å². The van der Waals surface area contributed by atoms with E-state index in [2.05, 4.69) is 0 Å². The molecular weight excluding hydrogens is 294 g/mol. The Morgan fingerprint density at radius 2 is 1.96 bits per heavy atom. The molecule has 1 N–H and O–H groups in total. The fourth-order valence-corrected chi connectivity index (χ4v) is 3.70. The van der Waals surface area contributed by atoms with E-state index in [-0.39, 0.29) is 18.4 Å². The lowest BCUT2D eigenvalue weighted by molar-refractivity contribution is -0.159. The van der Waals surface area contributed by atoms with E-state index in [0.29, 0.717) is 19.4 Å². The van der Waals surface area contributed by atoms with E-state index in [4.69, 9.17) is 4.74 Å². The van der Waals surface area contributed by atoms with E-state index in [0.717, 1.165) is 30.6 Å².